The maximum atomic E-state index is 11.0. The van der Waals surface area contributed by atoms with Crippen LogP contribution in [-0.4, -0.2) is 11.9 Å². The monoisotopic (exact) mass is 258 g/mol. The predicted molar refractivity (Wildman–Crippen MR) is 76.8 cm³/mol. The van der Waals surface area contributed by atoms with Crippen LogP contribution in [0, 0.1) is 5.92 Å². The number of hydrogen-bond donors (Lipinski definition) is 0. The molecule has 19 heavy (non-hydrogen) atoms. The minimum absolute atomic E-state index is 0.118. The SMILES string of the molecule is CC(=O)/C=C/[C@H]1CCCC[C@@H]1OCc1ccccc1. The average Bonchev–Trinajstić information content (AvgIpc) is 2.45. The molecule has 1 aromatic rings. The van der Waals surface area contributed by atoms with Crippen molar-refractivity contribution < 1.29 is 9.53 Å². The van der Waals surface area contributed by atoms with Crippen molar-refractivity contribution in [3.05, 3.63) is 48.0 Å². The van der Waals surface area contributed by atoms with Gasteiger partial charge in [-0.15, -0.1) is 0 Å². The first-order valence-electron chi connectivity index (χ1n) is 7.10. The molecule has 1 aliphatic carbocycles. The number of benzene rings is 1. The predicted octanol–water partition coefficient (Wildman–Crippen LogP) is 3.91. The van der Waals surface area contributed by atoms with Crippen LogP contribution in [0.4, 0.5) is 0 Å². The molecule has 0 saturated heterocycles. The summed E-state index contributed by atoms with van der Waals surface area (Å²) < 4.78 is 6.05. The third-order valence-corrected chi connectivity index (χ3v) is 3.64. The van der Waals surface area contributed by atoms with E-state index >= 15 is 0 Å². The van der Waals surface area contributed by atoms with Crippen LogP contribution < -0.4 is 0 Å². The zero-order valence-electron chi connectivity index (χ0n) is 11.5. The first kappa shape index (κ1) is 14.0. The van der Waals surface area contributed by atoms with Crippen LogP contribution >= 0.6 is 0 Å². The van der Waals surface area contributed by atoms with E-state index in [9.17, 15) is 4.79 Å². The van der Waals surface area contributed by atoms with Crippen molar-refractivity contribution in [2.45, 2.75) is 45.3 Å². The quantitative estimate of drug-likeness (QED) is 0.748. The first-order valence-corrected chi connectivity index (χ1v) is 7.10. The van der Waals surface area contributed by atoms with Crippen LogP contribution in [0.5, 0.6) is 0 Å². The van der Waals surface area contributed by atoms with Gasteiger partial charge in [0.25, 0.3) is 0 Å². The molecule has 2 nitrogen and oxygen atoms in total. The Hall–Kier alpha value is -1.41. The highest BCUT2D eigenvalue weighted by atomic mass is 16.5. The maximum Gasteiger partial charge on any atom is 0.152 e. The van der Waals surface area contributed by atoms with Crippen molar-refractivity contribution in [2.75, 3.05) is 0 Å². The molecule has 0 unspecified atom stereocenters. The van der Waals surface area contributed by atoms with Gasteiger partial charge in [0.2, 0.25) is 0 Å². The standard InChI is InChI=1S/C17H22O2/c1-14(18)11-12-16-9-5-6-10-17(16)19-13-15-7-3-2-4-8-15/h2-4,7-8,11-12,16-17H,5-6,9-10,13H2,1H3/b12-11+/t16-,17+/m1/s1. The summed E-state index contributed by atoms with van der Waals surface area (Å²) in [6.45, 7) is 2.26. The van der Waals surface area contributed by atoms with Crippen LogP contribution in [0.25, 0.3) is 0 Å². The summed E-state index contributed by atoms with van der Waals surface area (Å²) in [6, 6.07) is 10.3. The van der Waals surface area contributed by atoms with Gasteiger partial charge in [0.15, 0.2) is 5.78 Å². The molecular weight excluding hydrogens is 236 g/mol. The Bertz CT molecular complexity index is 422. The maximum absolute atomic E-state index is 11.0. The second kappa shape index (κ2) is 7.25. The van der Waals surface area contributed by atoms with E-state index in [4.69, 9.17) is 4.74 Å². The van der Waals surface area contributed by atoms with Crippen molar-refractivity contribution >= 4 is 5.78 Å². The molecule has 2 heteroatoms. The van der Waals surface area contributed by atoms with Crippen molar-refractivity contribution in [2.24, 2.45) is 5.92 Å². The highest BCUT2D eigenvalue weighted by Crippen LogP contribution is 2.28. The van der Waals surface area contributed by atoms with Crippen molar-refractivity contribution in [3.8, 4) is 0 Å². The second-order valence-electron chi connectivity index (χ2n) is 5.25. The van der Waals surface area contributed by atoms with E-state index in [0.717, 1.165) is 12.8 Å². The molecule has 1 saturated carbocycles. The van der Waals surface area contributed by atoms with E-state index in [2.05, 4.69) is 12.1 Å². The lowest BCUT2D eigenvalue weighted by Crippen LogP contribution is -2.26. The number of carbonyl (C=O) groups excluding carboxylic acids is 1. The lowest BCUT2D eigenvalue weighted by molar-refractivity contribution is -0.112. The Balaban J connectivity index is 1.90. The minimum atomic E-state index is 0.118. The molecule has 102 valence electrons. The lowest BCUT2D eigenvalue weighted by atomic mass is 9.86. The van der Waals surface area contributed by atoms with Gasteiger partial charge in [-0.2, -0.15) is 0 Å². The van der Waals surface area contributed by atoms with Crippen molar-refractivity contribution in [1.82, 2.24) is 0 Å². The van der Waals surface area contributed by atoms with Crippen LogP contribution in [0.3, 0.4) is 0 Å². The second-order valence-corrected chi connectivity index (χ2v) is 5.25. The smallest absolute Gasteiger partial charge is 0.152 e. The fourth-order valence-electron chi connectivity index (χ4n) is 2.59. The van der Waals surface area contributed by atoms with E-state index in [1.54, 1.807) is 13.0 Å². The molecule has 1 aromatic carbocycles. The topological polar surface area (TPSA) is 26.3 Å². The third kappa shape index (κ3) is 4.64. The Labute approximate surface area is 115 Å². The summed E-state index contributed by atoms with van der Waals surface area (Å²) >= 11 is 0. The van der Waals surface area contributed by atoms with Gasteiger partial charge in [-0.25, -0.2) is 0 Å². The van der Waals surface area contributed by atoms with Gasteiger partial charge >= 0.3 is 0 Å². The summed E-state index contributed by atoms with van der Waals surface area (Å²) in [5.74, 6) is 0.508. The fourth-order valence-corrected chi connectivity index (χ4v) is 2.59. The molecule has 0 bridgehead atoms. The van der Waals surface area contributed by atoms with Gasteiger partial charge in [-0.05, 0) is 31.4 Å². The molecule has 1 aliphatic rings. The molecule has 0 spiro atoms. The molecule has 0 heterocycles. The van der Waals surface area contributed by atoms with Gasteiger partial charge < -0.3 is 4.74 Å². The Morgan fingerprint density at radius 2 is 2.00 bits per heavy atom. The molecule has 2 rings (SSSR count). The molecule has 0 amide bonds. The molecular formula is C17H22O2. The van der Waals surface area contributed by atoms with E-state index in [-0.39, 0.29) is 11.9 Å². The van der Waals surface area contributed by atoms with Gasteiger partial charge in [-0.1, -0.05) is 49.2 Å². The minimum Gasteiger partial charge on any atom is -0.373 e. The largest absolute Gasteiger partial charge is 0.373 e. The van der Waals surface area contributed by atoms with E-state index in [1.807, 2.05) is 24.3 Å². The summed E-state index contributed by atoms with van der Waals surface area (Å²) in [5.41, 5.74) is 1.21. The van der Waals surface area contributed by atoms with Gasteiger partial charge in [0.1, 0.15) is 0 Å². The van der Waals surface area contributed by atoms with Crippen LogP contribution in [0.2, 0.25) is 0 Å². The lowest BCUT2D eigenvalue weighted by Gasteiger charge is -2.29. The van der Waals surface area contributed by atoms with E-state index in [0.29, 0.717) is 12.5 Å². The van der Waals surface area contributed by atoms with E-state index in [1.165, 1.54) is 18.4 Å². The number of rotatable bonds is 5. The molecule has 2 atom stereocenters. The average molecular weight is 258 g/mol. The molecule has 0 aliphatic heterocycles. The molecule has 1 fully saturated rings. The fraction of sp³-hybridized carbons (Fsp3) is 0.471. The Morgan fingerprint density at radius 3 is 2.74 bits per heavy atom. The number of ketones is 1. The number of hydrogen-bond acceptors (Lipinski definition) is 2. The Morgan fingerprint density at radius 1 is 1.26 bits per heavy atom. The zero-order chi connectivity index (χ0) is 13.5. The highest BCUT2D eigenvalue weighted by Gasteiger charge is 2.23. The first-order chi connectivity index (χ1) is 9.25. The van der Waals surface area contributed by atoms with Crippen LogP contribution in [0.15, 0.2) is 42.5 Å². The van der Waals surface area contributed by atoms with Crippen LogP contribution in [0.1, 0.15) is 38.2 Å². The number of ether oxygens (including phenoxy) is 1. The molecule has 0 radical (unpaired) electrons. The van der Waals surface area contributed by atoms with Gasteiger partial charge in [-0.3, -0.25) is 4.79 Å². The summed E-state index contributed by atoms with van der Waals surface area (Å²) in [7, 11) is 0. The molecule has 0 N–H and O–H groups in total. The number of allylic oxidation sites excluding steroid dienone is 1. The third-order valence-electron chi connectivity index (χ3n) is 3.64. The van der Waals surface area contributed by atoms with Crippen molar-refractivity contribution in [3.63, 3.8) is 0 Å². The summed E-state index contributed by atoms with van der Waals surface area (Å²) in [4.78, 5) is 11.0. The van der Waals surface area contributed by atoms with Gasteiger partial charge in [0, 0.05) is 5.92 Å². The molecule has 0 aromatic heterocycles. The Kier molecular flexibility index (Phi) is 5.34. The zero-order valence-corrected chi connectivity index (χ0v) is 11.5. The van der Waals surface area contributed by atoms with Gasteiger partial charge in [0.05, 0.1) is 12.7 Å². The number of carbonyl (C=O) groups is 1. The highest BCUT2D eigenvalue weighted by molar-refractivity contribution is 5.87. The summed E-state index contributed by atoms with van der Waals surface area (Å²) in [6.07, 6.45) is 8.67. The van der Waals surface area contributed by atoms with Crippen LogP contribution in [-0.2, 0) is 16.1 Å². The van der Waals surface area contributed by atoms with Crippen molar-refractivity contribution in [1.29, 1.82) is 0 Å². The summed E-state index contributed by atoms with van der Waals surface area (Å²) in [5, 5.41) is 0. The normalized spacial score (nSPS) is 23.6. The van der Waals surface area contributed by atoms with E-state index < -0.39 is 0 Å².